The Labute approximate surface area is 144 Å². The van der Waals surface area contributed by atoms with Crippen LogP contribution in [-0.2, 0) is 17.7 Å². The molecule has 3 heterocycles. The van der Waals surface area contributed by atoms with Gasteiger partial charge in [0.25, 0.3) is 0 Å². The number of thiazole rings is 1. The van der Waals surface area contributed by atoms with Crippen LogP contribution in [0.15, 0.2) is 46.4 Å². The van der Waals surface area contributed by atoms with Crippen LogP contribution in [0.4, 0.5) is 0 Å². The first-order chi connectivity index (χ1) is 11.9. The lowest BCUT2D eigenvalue weighted by atomic mass is 10.1. The molecule has 0 aliphatic carbocycles. The molecule has 0 N–H and O–H groups in total. The quantitative estimate of drug-likeness (QED) is 0.710. The molecule has 0 unspecified atom stereocenters. The maximum absolute atomic E-state index is 5.81. The van der Waals surface area contributed by atoms with Crippen molar-refractivity contribution in [2.75, 3.05) is 19.7 Å². The third-order valence-electron chi connectivity index (χ3n) is 3.95. The van der Waals surface area contributed by atoms with E-state index in [1.165, 1.54) is 5.56 Å². The summed E-state index contributed by atoms with van der Waals surface area (Å²) in [5.74, 6) is 1.38. The van der Waals surface area contributed by atoms with Gasteiger partial charge in [-0.15, -0.1) is 11.3 Å². The molecule has 2 aromatic heterocycles. The summed E-state index contributed by atoms with van der Waals surface area (Å²) in [6, 6.07) is 10.2. The number of hydrogen-bond acceptors (Lipinski definition) is 7. The van der Waals surface area contributed by atoms with E-state index < -0.39 is 0 Å². The lowest BCUT2D eigenvalue weighted by Crippen LogP contribution is -2.37. The van der Waals surface area contributed by atoms with Crippen molar-refractivity contribution in [1.29, 1.82) is 0 Å². The van der Waals surface area contributed by atoms with Crippen LogP contribution in [0.25, 0.3) is 0 Å². The fourth-order valence-electron chi connectivity index (χ4n) is 2.78. The monoisotopic (exact) mass is 342 g/mol. The fraction of sp³-hybridized carbons (Fsp3) is 0.353. The molecule has 3 aromatic rings. The number of ether oxygens (including phenoxy) is 1. The molecule has 0 radical (unpaired) electrons. The first-order valence-electron chi connectivity index (χ1n) is 7.95. The molecule has 1 aromatic carbocycles. The van der Waals surface area contributed by atoms with Gasteiger partial charge >= 0.3 is 0 Å². The van der Waals surface area contributed by atoms with E-state index in [0.29, 0.717) is 25.5 Å². The molecular weight excluding hydrogens is 324 g/mol. The van der Waals surface area contributed by atoms with Crippen LogP contribution >= 0.6 is 11.3 Å². The Balaban J connectivity index is 1.37. The Morgan fingerprint density at radius 3 is 3.00 bits per heavy atom. The predicted molar refractivity (Wildman–Crippen MR) is 89.6 cm³/mol. The van der Waals surface area contributed by atoms with Crippen molar-refractivity contribution in [3.8, 4) is 0 Å². The van der Waals surface area contributed by atoms with Gasteiger partial charge in [0.1, 0.15) is 11.1 Å². The minimum atomic E-state index is 0.0328. The summed E-state index contributed by atoms with van der Waals surface area (Å²) in [6.45, 7) is 2.99. The highest BCUT2D eigenvalue weighted by molar-refractivity contribution is 7.09. The zero-order valence-corrected chi connectivity index (χ0v) is 14.0. The van der Waals surface area contributed by atoms with E-state index in [1.807, 2.05) is 29.8 Å². The average molecular weight is 342 g/mol. The zero-order chi connectivity index (χ0) is 16.2. The van der Waals surface area contributed by atoms with Gasteiger partial charge in [0.05, 0.1) is 13.2 Å². The molecule has 0 spiro atoms. The maximum Gasteiger partial charge on any atom is 0.240 e. The average Bonchev–Trinajstić information content (AvgIpc) is 3.28. The van der Waals surface area contributed by atoms with Crippen LogP contribution in [0.3, 0.4) is 0 Å². The highest BCUT2D eigenvalue weighted by Crippen LogP contribution is 2.24. The minimum absolute atomic E-state index is 0.0328. The Morgan fingerprint density at radius 1 is 1.25 bits per heavy atom. The van der Waals surface area contributed by atoms with Crippen molar-refractivity contribution in [3.05, 3.63) is 64.2 Å². The van der Waals surface area contributed by atoms with Crippen LogP contribution in [-0.4, -0.2) is 39.7 Å². The molecule has 0 saturated carbocycles. The highest BCUT2D eigenvalue weighted by Gasteiger charge is 2.25. The number of rotatable bonds is 5. The van der Waals surface area contributed by atoms with Crippen molar-refractivity contribution in [3.63, 3.8) is 0 Å². The van der Waals surface area contributed by atoms with Crippen LogP contribution in [0, 0.1) is 0 Å². The van der Waals surface area contributed by atoms with Crippen molar-refractivity contribution >= 4 is 11.3 Å². The molecule has 6 nitrogen and oxygen atoms in total. The van der Waals surface area contributed by atoms with Gasteiger partial charge in [-0.2, -0.15) is 4.98 Å². The zero-order valence-electron chi connectivity index (χ0n) is 13.2. The first kappa shape index (κ1) is 15.4. The van der Waals surface area contributed by atoms with E-state index in [-0.39, 0.29) is 6.10 Å². The molecule has 124 valence electrons. The molecule has 1 atom stereocenters. The standard InChI is InChI=1S/C17H18N4O2S/c1-2-4-13(5-3-1)10-15-19-16(23-20-15)12-21-7-8-22-14(11-21)17-18-6-9-24-17/h1-6,9,14H,7-8,10-12H2/t14-/m1/s1. The molecule has 1 saturated heterocycles. The molecule has 1 fully saturated rings. The normalized spacial score (nSPS) is 18.8. The van der Waals surface area contributed by atoms with E-state index >= 15 is 0 Å². The third-order valence-corrected chi connectivity index (χ3v) is 4.82. The largest absolute Gasteiger partial charge is 0.368 e. The Hall–Kier alpha value is -2.09. The fourth-order valence-corrected chi connectivity index (χ4v) is 3.46. The highest BCUT2D eigenvalue weighted by atomic mass is 32.1. The lowest BCUT2D eigenvalue weighted by Gasteiger charge is -2.30. The van der Waals surface area contributed by atoms with Crippen LogP contribution in [0.2, 0.25) is 0 Å². The smallest absolute Gasteiger partial charge is 0.240 e. The predicted octanol–water partition coefficient (Wildman–Crippen LogP) is 2.69. The summed E-state index contributed by atoms with van der Waals surface area (Å²) in [5.41, 5.74) is 1.18. The van der Waals surface area contributed by atoms with Gasteiger partial charge in [-0.25, -0.2) is 4.98 Å². The molecule has 0 amide bonds. The van der Waals surface area contributed by atoms with E-state index in [4.69, 9.17) is 9.26 Å². The van der Waals surface area contributed by atoms with Gasteiger partial charge in [0, 0.05) is 31.1 Å². The summed E-state index contributed by atoms with van der Waals surface area (Å²) in [6.07, 6.45) is 2.54. The van der Waals surface area contributed by atoms with Crippen molar-refractivity contribution in [1.82, 2.24) is 20.0 Å². The van der Waals surface area contributed by atoms with Gasteiger partial charge in [0.15, 0.2) is 5.82 Å². The number of benzene rings is 1. The first-order valence-corrected chi connectivity index (χ1v) is 8.83. The van der Waals surface area contributed by atoms with E-state index in [1.54, 1.807) is 11.3 Å². The van der Waals surface area contributed by atoms with Crippen LogP contribution in [0.1, 0.15) is 28.4 Å². The summed E-state index contributed by atoms with van der Waals surface area (Å²) in [4.78, 5) is 11.1. The summed E-state index contributed by atoms with van der Waals surface area (Å²) >= 11 is 1.63. The third kappa shape index (κ3) is 3.69. The topological polar surface area (TPSA) is 64.3 Å². The molecule has 1 aliphatic heterocycles. The van der Waals surface area contributed by atoms with E-state index in [2.05, 4.69) is 32.2 Å². The Bertz CT molecular complexity index is 760. The van der Waals surface area contributed by atoms with Crippen LogP contribution in [0.5, 0.6) is 0 Å². The molecule has 7 heteroatoms. The van der Waals surface area contributed by atoms with Crippen molar-refractivity contribution < 1.29 is 9.26 Å². The Morgan fingerprint density at radius 2 is 2.17 bits per heavy atom. The van der Waals surface area contributed by atoms with Crippen LogP contribution < -0.4 is 0 Å². The van der Waals surface area contributed by atoms with Crippen molar-refractivity contribution in [2.45, 2.75) is 19.1 Å². The molecule has 0 bridgehead atoms. The second-order valence-electron chi connectivity index (χ2n) is 5.73. The van der Waals surface area contributed by atoms with Gasteiger partial charge in [-0.3, -0.25) is 4.90 Å². The number of morpholine rings is 1. The van der Waals surface area contributed by atoms with Gasteiger partial charge in [0.2, 0.25) is 5.89 Å². The van der Waals surface area contributed by atoms with E-state index in [9.17, 15) is 0 Å². The molecule has 1 aliphatic rings. The second kappa shape index (κ2) is 7.21. The number of hydrogen-bond donors (Lipinski definition) is 0. The molecule has 24 heavy (non-hydrogen) atoms. The van der Waals surface area contributed by atoms with Gasteiger partial charge in [-0.05, 0) is 5.56 Å². The summed E-state index contributed by atoms with van der Waals surface area (Å²) in [5, 5.41) is 7.09. The SMILES string of the molecule is c1ccc(Cc2noc(CN3CCO[C@@H](c4nccs4)C3)n2)cc1. The second-order valence-corrected chi connectivity index (χ2v) is 6.66. The van der Waals surface area contributed by atoms with Crippen molar-refractivity contribution in [2.24, 2.45) is 0 Å². The summed E-state index contributed by atoms with van der Waals surface area (Å²) in [7, 11) is 0. The minimum Gasteiger partial charge on any atom is -0.368 e. The molecule has 4 rings (SSSR count). The molecular formula is C17H18N4O2S. The Kier molecular flexibility index (Phi) is 4.64. The number of nitrogens with zero attached hydrogens (tertiary/aromatic N) is 4. The maximum atomic E-state index is 5.81. The summed E-state index contributed by atoms with van der Waals surface area (Å²) < 4.78 is 11.2. The van der Waals surface area contributed by atoms with Gasteiger partial charge in [-0.1, -0.05) is 35.5 Å². The number of aromatic nitrogens is 3. The van der Waals surface area contributed by atoms with E-state index in [0.717, 1.165) is 23.9 Å². The lowest BCUT2D eigenvalue weighted by molar-refractivity contribution is -0.0356. The van der Waals surface area contributed by atoms with Gasteiger partial charge < -0.3 is 9.26 Å².